The van der Waals surface area contributed by atoms with E-state index in [2.05, 4.69) is 20.4 Å². The first-order valence-electron chi connectivity index (χ1n) is 13.7. The van der Waals surface area contributed by atoms with Gasteiger partial charge in [0, 0.05) is 41.0 Å². The topological polar surface area (TPSA) is 71.5 Å². The molecule has 0 aliphatic rings. The van der Waals surface area contributed by atoms with Crippen LogP contribution in [-0.2, 0) is 0 Å². The van der Waals surface area contributed by atoms with Gasteiger partial charge in [0.05, 0.1) is 28.1 Å². The SMILES string of the molecule is Cc1n[nH]c(=O)c(-c2c(F)cc(F)cc2F)c1-c1ccc(F)cc1.Cc1nnc(Cl)c(-c2c(F)cc(F)cc2F)c1-c1ccc(F)cc1. The summed E-state index contributed by atoms with van der Waals surface area (Å²) in [6, 6.07) is 12.4. The molecule has 0 atom stereocenters. The maximum Gasteiger partial charge on any atom is 0.272 e. The molecule has 244 valence electrons. The maximum atomic E-state index is 14.2. The molecule has 1 N–H and O–H groups in total. The third kappa shape index (κ3) is 6.81. The summed E-state index contributed by atoms with van der Waals surface area (Å²) in [5.41, 5.74) is -0.569. The zero-order valence-electron chi connectivity index (χ0n) is 24.6. The summed E-state index contributed by atoms with van der Waals surface area (Å²) in [4.78, 5) is 12.2. The van der Waals surface area contributed by atoms with Gasteiger partial charge in [-0.3, -0.25) is 4.79 Å². The van der Waals surface area contributed by atoms with Gasteiger partial charge in [-0.2, -0.15) is 10.2 Å². The molecule has 5 nitrogen and oxygen atoms in total. The lowest BCUT2D eigenvalue weighted by molar-refractivity contribution is 0.546. The highest BCUT2D eigenvalue weighted by Crippen LogP contribution is 2.40. The van der Waals surface area contributed by atoms with Gasteiger partial charge in [0.25, 0.3) is 5.56 Å². The molecule has 0 aliphatic heterocycles. The Bertz CT molecular complexity index is 2180. The molecule has 0 unspecified atom stereocenters. The highest BCUT2D eigenvalue weighted by Gasteiger charge is 2.25. The van der Waals surface area contributed by atoms with Crippen LogP contribution >= 0.6 is 11.6 Å². The van der Waals surface area contributed by atoms with Crippen molar-refractivity contribution in [1.82, 2.24) is 20.4 Å². The van der Waals surface area contributed by atoms with Gasteiger partial charge in [-0.05, 0) is 49.2 Å². The Morgan fingerprint density at radius 2 is 0.896 bits per heavy atom. The second-order valence-corrected chi connectivity index (χ2v) is 10.6. The van der Waals surface area contributed by atoms with E-state index >= 15 is 0 Å². The number of halogens is 9. The molecule has 0 bridgehead atoms. The van der Waals surface area contributed by atoms with E-state index in [0.717, 1.165) is 12.1 Å². The summed E-state index contributed by atoms with van der Waals surface area (Å²) < 4.78 is 109. The molecule has 6 aromatic rings. The van der Waals surface area contributed by atoms with E-state index in [-0.39, 0.29) is 27.5 Å². The number of hydrogen-bond acceptors (Lipinski definition) is 4. The van der Waals surface area contributed by atoms with E-state index in [1.807, 2.05) is 0 Å². The van der Waals surface area contributed by atoms with E-state index in [0.29, 0.717) is 46.6 Å². The van der Waals surface area contributed by atoms with Crippen LogP contribution in [0.2, 0.25) is 5.15 Å². The average Bonchev–Trinajstić information content (AvgIpc) is 3.01. The molecule has 0 fully saturated rings. The fraction of sp³-hybridized carbons (Fsp3) is 0.0588. The number of hydrogen-bond donors (Lipinski definition) is 1. The first-order valence-corrected chi connectivity index (χ1v) is 14.1. The molecule has 14 heteroatoms. The zero-order chi connectivity index (χ0) is 34.9. The van der Waals surface area contributed by atoms with Crippen molar-refractivity contribution in [2.75, 3.05) is 0 Å². The summed E-state index contributed by atoms with van der Waals surface area (Å²) in [5, 5.41) is 13.2. The summed E-state index contributed by atoms with van der Waals surface area (Å²) in [6.45, 7) is 3.10. The Labute approximate surface area is 271 Å². The van der Waals surface area contributed by atoms with E-state index in [1.54, 1.807) is 6.92 Å². The number of nitrogens with zero attached hydrogens (tertiary/aromatic N) is 3. The largest absolute Gasteiger partial charge is 0.272 e. The minimum absolute atomic E-state index is 0.0641. The van der Waals surface area contributed by atoms with Gasteiger partial charge in [0.2, 0.25) is 0 Å². The molecule has 6 rings (SSSR count). The van der Waals surface area contributed by atoms with E-state index < -0.39 is 63.2 Å². The molecular weight excluding hydrogens is 668 g/mol. The number of rotatable bonds is 4. The van der Waals surface area contributed by atoms with Crippen LogP contribution in [0, 0.1) is 60.4 Å². The number of benzene rings is 4. The fourth-order valence-electron chi connectivity index (χ4n) is 5.01. The summed E-state index contributed by atoms with van der Waals surface area (Å²) in [6.07, 6.45) is 0. The second kappa shape index (κ2) is 13.7. The third-order valence-corrected chi connectivity index (χ3v) is 7.31. The minimum atomic E-state index is -1.22. The molecule has 0 saturated carbocycles. The lowest BCUT2D eigenvalue weighted by Gasteiger charge is -2.15. The smallest absolute Gasteiger partial charge is 0.267 e. The van der Waals surface area contributed by atoms with Crippen molar-refractivity contribution in [3.8, 4) is 44.5 Å². The monoisotopic (exact) mass is 686 g/mol. The standard InChI is InChI=1S/C17H9ClF4N2.C17H10F4N2O/c1-8-14(9-2-4-10(19)5-3-9)16(17(18)24-23-8)15-12(21)6-11(20)7-13(15)22;1-8-14(9-2-4-10(18)5-3-9)16(17(24)23-22-8)15-12(20)6-11(19)7-13(15)21/h2-7H,1H3;2-7H,1H3,(H,23,24). The summed E-state index contributed by atoms with van der Waals surface area (Å²) in [5.74, 6) is -7.79. The van der Waals surface area contributed by atoms with Crippen molar-refractivity contribution >= 4 is 11.6 Å². The normalized spacial score (nSPS) is 10.9. The maximum absolute atomic E-state index is 14.2. The Hall–Kier alpha value is -5.43. The predicted octanol–water partition coefficient (Wildman–Crippen LogP) is 9.30. The van der Waals surface area contributed by atoms with Crippen LogP contribution in [0.25, 0.3) is 44.5 Å². The van der Waals surface area contributed by atoms with Gasteiger partial charge in [0.15, 0.2) is 5.15 Å². The molecule has 0 aliphatic carbocycles. The number of aromatic nitrogens is 4. The van der Waals surface area contributed by atoms with Crippen molar-refractivity contribution in [2.45, 2.75) is 13.8 Å². The number of aryl methyl sites for hydroxylation is 2. The second-order valence-electron chi connectivity index (χ2n) is 10.2. The molecular formula is C34H19ClF8N4O. The number of nitrogens with one attached hydrogen (secondary N) is 1. The van der Waals surface area contributed by atoms with E-state index in [4.69, 9.17) is 11.6 Å². The molecule has 0 spiro atoms. The lowest BCUT2D eigenvalue weighted by Crippen LogP contribution is -2.16. The van der Waals surface area contributed by atoms with Crippen LogP contribution in [0.4, 0.5) is 35.1 Å². The Balaban J connectivity index is 0.000000188. The molecule has 2 heterocycles. The molecule has 48 heavy (non-hydrogen) atoms. The van der Waals surface area contributed by atoms with Crippen LogP contribution < -0.4 is 5.56 Å². The minimum Gasteiger partial charge on any atom is -0.267 e. The number of H-pyrrole nitrogens is 1. The van der Waals surface area contributed by atoms with Crippen molar-refractivity contribution in [3.63, 3.8) is 0 Å². The van der Waals surface area contributed by atoms with Gasteiger partial charge >= 0.3 is 0 Å². The van der Waals surface area contributed by atoms with Gasteiger partial charge in [0.1, 0.15) is 46.5 Å². The van der Waals surface area contributed by atoms with Gasteiger partial charge in [-0.1, -0.05) is 35.9 Å². The molecule has 0 amide bonds. The Kier molecular flexibility index (Phi) is 9.71. The average molecular weight is 687 g/mol. The van der Waals surface area contributed by atoms with Crippen molar-refractivity contribution < 1.29 is 35.1 Å². The van der Waals surface area contributed by atoms with Gasteiger partial charge < -0.3 is 0 Å². The Morgan fingerprint density at radius 3 is 1.33 bits per heavy atom. The van der Waals surface area contributed by atoms with Crippen LogP contribution in [0.3, 0.4) is 0 Å². The highest BCUT2D eigenvalue weighted by molar-refractivity contribution is 6.32. The first-order chi connectivity index (χ1) is 22.8. The molecule has 0 radical (unpaired) electrons. The van der Waals surface area contributed by atoms with Crippen LogP contribution in [0.1, 0.15) is 11.4 Å². The van der Waals surface area contributed by atoms with Crippen molar-refractivity contribution in [1.29, 1.82) is 0 Å². The van der Waals surface area contributed by atoms with Crippen molar-refractivity contribution in [3.05, 3.63) is 146 Å². The van der Waals surface area contributed by atoms with E-state index in [1.165, 1.54) is 43.3 Å². The molecule has 4 aromatic carbocycles. The predicted molar refractivity (Wildman–Crippen MR) is 163 cm³/mol. The van der Waals surface area contributed by atoms with E-state index in [9.17, 15) is 39.9 Å². The zero-order valence-corrected chi connectivity index (χ0v) is 25.3. The summed E-state index contributed by atoms with van der Waals surface area (Å²) >= 11 is 6.03. The van der Waals surface area contributed by atoms with Gasteiger partial charge in [-0.25, -0.2) is 40.2 Å². The van der Waals surface area contributed by atoms with Crippen LogP contribution in [0.5, 0.6) is 0 Å². The lowest BCUT2D eigenvalue weighted by atomic mass is 9.94. The number of aromatic amines is 1. The van der Waals surface area contributed by atoms with Crippen molar-refractivity contribution in [2.24, 2.45) is 0 Å². The third-order valence-electron chi connectivity index (χ3n) is 7.05. The molecule has 0 saturated heterocycles. The Morgan fingerprint density at radius 1 is 0.500 bits per heavy atom. The summed E-state index contributed by atoms with van der Waals surface area (Å²) in [7, 11) is 0. The highest BCUT2D eigenvalue weighted by atomic mass is 35.5. The molecule has 2 aromatic heterocycles. The van der Waals surface area contributed by atoms with Crippen LogP contribution in [0.15, 0.2) is 77.6 Å². The fourth-order valence-corrected chi connectivity index (χ4v) is 5.24. The quantitative estimate of drug-likeness (QED) is 0.188. The van der Waals surface area contributed by atoms with Crippen LogP contribution in [-0.4, -0.2) is 20.4 Å². The first kappa shape index (κ1) is 33.9. The van der Waals surface area contributed by atoms with Gasteiger partial charge in [-0.15, -0.1) is 5.10 Å².